The summed E-state index contributed by atoms with van der Waals surface area (Å²) in [7, 11) is 0. The van der Waals surface area contributed by atoms with Crippen LogP contribution in [0.15, 0.2) is 16.9 Å². The summed E-state index contributed by atoms with van der Waals surface area (Å²) >= 11 is 3.27. The van der Waals surface area contributed by atoms with Crippen molar-refractivity contribution < 1.29 is 0 Å². The molecule has 56 valence electrons. The van der Waals surface area contributed by atoms with Crippen LogP contribution in [-0.4, -0.2) is 15.2 Å². The van der Waals surface area contributed by atoms with Gasteiger partial charge in [0.2, 0.25) is 0 Å². The SMILES string of the molecule is Nc1cnc2c(Br)[nH]nc2c1. The molecule has 0 bridgehead atoms. The molecule has 0 atom stereocenters. The van der Waals surface area contributed by atoms with Gasteiger partial charge in [-0.15, -0.1) is 0 Å². The second-order valence-electron chi connectivity index (χ2n) is 2.17. The molecule has 0 saturated heterocycles. The van der Waals surface area contributed by atoms with Crippen molar-refractivity contribution in [2.75, 3.05) is 5.73 Å². The number of nitrogens with one attached hydrogen (secondary N) is 1. The highest BCUT2D eigenvalue weighted by molar-refractivity contribution is 9.10. The first-order valence-corrected chi connectivity index (χ1v) is 3.82. The number of hydrogen-bond donors (Lipinski definition) is 2. The number of aromatic nitrogens is 3. The lowest BCUT2D eigenvalue weighted by atomic mass is 10.4. The van der Waals surface area contributed by atoms with Crippen LogP contribution in [0.3, 0.4) is 0 Å². The van der Waals surface area contributed by atoms with Gasteiger partial charge in [0.1, 0.15) is 15.6 Å². The first-order valence-electron chi connectivity index (χ1n) is 3.02. The molecule has 0 amide bonds. The third-order valence-electron chi connectivity index (χ3n) is 1.37. The van der Waals surface area contributed by atoms with Crippen molar-refractivity contribution in [1.29, 1.82) is 0 Å². The Labute approximate surface area is 70.9 Å². The number of halogens is 1. The molecule has 0 aliphatic rings. The van der Waals surface area contributed by atoms with E-state index in [0.717, 1.165) is 15.6 Å². The first-order chi connectivity index (χ1) is 5.27. The second kappa shape index (κ2) is 2.20. The lowest BCUT2D eigenvalue weighted by molar-refractivity contribution is 1.10. The van der Waals surface area contributed by atoms with Crippen LogP contribution in [0.25, 0.3) is 11.0 Å². The number of anilines is 1. The van der Waals surface area contributed by atoms with Crippen molar-refractivity contribution in [3.05, 3.63) is 16.9 Å². The van der Waals surface area contributed by atoms with Crippen LogP contribution in [0.1, 0.15) is 0 Å². The molecule has 0 radical (unpaired) electrons. The Morgan fingerprint density at radius 1 is 1.55 bits per heavy atom. The lowest BCUT2D eigenvalue weighted by Crippen LogP contribution is -1.85. The third-order valence-corrected chi connectivity index (χ3v) is 1.92. The van der Waals surface area contributed by atoms with Gasteiger partial charge in [-0.3, -0.25) is 5.10 Å². The van der Waals surface area contributed by atoms with Crippen LogP contribution in [-0.2, 0) is 0 Å². The molecule has 2 aromatic heterocycles. The zero-order valence-electron chi connectivity index (χ0n) is 5.50. The van der Waals surface area contributed by atoms with Crippen molar-refractivity contribution in [2.45, 2.75) is 0 Å². The summed E-state index contributed by atoms with van der Waals surface area (Å²) < 4.78 is 0.785. The van der Waals surface area contributed by atoms with Gasteiger partial charge in [0.15, 0.2) is 0 Å². The van der Waals surface area contributed by atoms with Crippen LogP contribution in [0.5, 0.6) is 0 Å². The number of nitrogen functional groups attached to an aromatic ring is 1. The van der Waals surface area contributed by atoms with E-state index in [4.69, 9.17) is 5.73 Å². The minimum absolute atomic E-state index is 0.622. The predicted octanol–water partition coefficient (Wildman–Crippen LogP) is 1.30. The highest BCUT2D eigenvalue weighted by atomic mass is 79.9. The summed E-state index contributed by atoms with van der Waals surface area (Å²) in [6.07, 6.45) is 1.60. The fourth-order valence-electron chi connectivity index (χ4n) is 0.885. The van der Waals surface area contributed by atoms with E-state index >= 15 is 0 Å². The van der Waals surface area contributed by atoms with Crippen LogP contribution >= 0.6 is 15.9 Å². The number of aromatic amines is 1. The molecule has 0 aliphatic heterocycles. The maximum atomic E-state index is 5.50. The molecule has 0 aliphatic carbocycles. The zero-order chi connectivity index (χ0) is 7.84. The minimum Gasteiger partial charge on any atom is -0.397 e. The minimum atomic E-state index is 0.622. The first kappa shape index (κ1) is 6.60. The van der Waals surface area contributed by atoms with Crippen LogP contribution in [0.2, 0.25) is 0 Å². The number of H-pyrrole nitrogens is 1. The summed E-state index contributed by atoms with van der Waals surface area (Å²) in [6, 6.07) is 1.77. The van der Waals surface area contributed by atoms with E-state index in [9.17, 15) is 0 Å². The van der Waals surface area contributed by atoms with Crippen molar-refractivity contribution in [3.63, 3.8) is 0 Å². The molecule has 0 fully saturated rings. The summed E-state index contributed by atoms with van der Waals surface area (Å²) in [5, 5.41) is 6.72. The average molecular weight is 213 g/mol. The molecular formula is C6H5BrN4. The molecular weight excluding hydrogens is 208 g/mol. The van der Waals surface area contributed by atoms with E-state index in [-0.39, 0.29) is 0 Å². The van der Waals surface area contributed by atoms with E-state index in [2.05, 4.69) is 31.1 Å². The van der Waals surface area contributed by atoms with Crippen molar-refractivity contribution in [3.8, 4) is 0 Å². The summed E-state index contributed by atoms with van der Waals surface area (Å²) in [5.41, 5.74) is 7.70. The predicted molar refractivity (Wildman–Crippen MR) is 46.0 cm³/mol. The Balaban J connectivity index is 2.86. The van der Waals surface area contributed by atoms with Crippen LogP contribution in [0, 0.1) is 0 Å². The van der Waals surface area contributed by atoms with Gasteiger partial charge >= 0.3 is 0 Å². The molecule has 0 spiro atoms. The summed E-state index contributed by atoms with van der Waals surface area (Å²) in [6.45, 7) is 0. The lowest BCUT2D eigenvalue weighted by Gasteiger charge is -1.89. The Morgan fingerprint density at radius 2 is 2.36 bits per heavy atom. The van der Waals surface area contributed by atoms with Gasteiger partial charge in [-0.05, 0) is 22.0 Å². The maximum Gasteiger partial charge on any atom is 0.127 e. The molecule has 3 N–H and O–H groups in total. The number of hydrogen-bond acceptors (Lipinski definition) is 3. The van der Waals surface area contributed by atoms with Gasteiger partial charge in [0.05, 0.1) is 11.9 Å². The smallest absolute Gasteiger partial charge is 0.127 e. The number of nitrogens with zero attached hydrogens (tertiary/aromatic N) is 2. The summed E-state index contributed by atoms with van der Waals surface area (Å²) in [4.78, 5) is 4.07. The van der Waals surface area contributed by atoms with Gasteiger partial charge < -0.3 is 5.73 Å². The normalized spacial score (nSPS) is 10.6. The monoisotopic (exact) mass is 212 g/mol. The van der Waals surface area contributed by atoms with Gasteiger partial charge in [0, 0.05) is 0 Å². The molecule has 0 aromatic carbocycles. The van der Waals surface area contributed by atoms with E-state index in [1.54, 1.807) is 12.3 Å². The Bertz CT molecular complexity index is 394. The largest absolute Gasteiger partial charge is 0.397 e. The Kier molecular flexibility index (Phi) is 1.32. The second-order valence-corrected chi connectivity index (χ2v) is 2.97. The fraction of sp³-hybridized carbons (Fsp3) is 0. The van der Waals surface area contributed by atoms with E-state index < -0.39 is 0 Å². The number of nitrogens with two attached hydrogens (primary N) is 1. The average Bonchev–Trinajstić information content (AvgIpc) is 2.32. The molecule has 2 aromatic rings. The van der Waals surface area contributed by atoms with Gasteiger partial charge in [0.25, 0.3) is 0 Å². The Morgan fingerprint density at radius 3 is 3.18 bits per heavy atom. The molecule has 11 heavy (non-hydrogen) atoms. The molecule has 5 heteroatoms. The van der Waals surface area contributed by atoms with Crippen molar-refractivity contribution in [2.24, 2.45) is 0 Å². The zero-order valence-corrected chi connectivity index (χ0v) is 7.09. The quantitative estimate of drug-likeness (QED) is 0.692. The van der Waals surface area contributed by atoms with Gasteiger partial charge in [-0.1, -0.05) is 0 Å². The van der Waals surface area contributed by atoms with Gasteiger partial charge in [-0.25, -0.2) is 4.98 Å². The van der Waals surface area contributed by atoms with Crippen molar-refractivity contribution in [1.82, 2.24) is 15.2 Å². The third kappa shape index (κ3) is 0.970. The van der Waals surface area contributed by atoms with Crippen LogP contribution in [0.4, 0.5) is 5.69 Å². The van der Waals surface area contributed by atoms with Crippen molar-refractivity contribution >= 4 is 32.7 Å². The number of fused-ring (bicyclic) bond motifs is 1. The topological polar surface area (TPSA) is 67.6 Å². The molecule has 0 unspecified atom stereocenters. The number of pyridine rings is 1. The maximum absolute atomic E-state index is 5.50. The molecule has 4 nitrogen and oxygen atoms in total. The fourth-order valence-corrected chi connectivity index (χ4v) is 1.28. The molecule has 0 saturated carbocycles. The van der Waals surface area contributed by atoms with E-state index in [0.29, 0.717) is 5.69 Å². The van der Waals surface area contributed by atoms with E-state index in [1.807, 2.05) is 0 Å². The summed E-state index contributed by atoms with van der Waals surface area (Å²) in [5.74, 6) is 0. The highest BCUT2D eigenvalue weighted by Crippen LogP contribution is 2.19. The molecule has 2 heterocycles. The van der Waals surface area contributed by atoms with E-state index in [1.165, 1.54) is 0 Å². The Hall–Kier alpha value is -1.10. The highest BCUT2D eigenvalue weighted by Gasteiger charge is 2.02. The standard InChI is InChI=1S/C6H5BrN4/c7-6-5-4(10-11-6)1-3(8)2-9-5/h1-2H,8H2,(H,10,11). The molecule has 2 rings (SSSR count). The van der Waals surface area contributed by atoms with Crippen LogP contribution < -0.4 is 5.73 Å². The number of rotatable bonds is 0. The van der Waals surface area contributed by atoms with Gasteiger partial charge in [-0.2, -0.15) is 5.10 Å².